The first kappa shape index (κ1) is 34.7. The highest BCUT2D eigenvalue weighted by Gasteiger charge is 2.51. The Morgan fingerprint density at radius 3 is 2.50 bits per heavy atom. The first-order chi connectivity index (χ1) is 24.3. The van der Waals surface area contributed by atoms with Gasteiger partial charge in [-0.2, -0.15) is 0 Å². The number of aryl methyl sites for hydroxylation is 1. The van der Waals surface area contributed by atoms with E-state index in [0.717, 1.165) is 41.0 Å². The maximum absolute atomic E-state index is 12.8. The Morgan fingerprint density at radius 1 is 1.00 bits per heavy atom. The number of aromatic nitrogens is 2. The zero-order chi connectivity index (χ0) is 34.7. The van der Waals surface area contributed by atoms with Crippen LogP contribution in [0.5, 0.6) is 11.5 Å². The molecule has 3 N–H and O–H groups in total. The Balaban J connectivity index is 0.914. The predicted octanol–water partition coefficient (Wildman–Crippen LogP) is 7.69. The second kappa shape index (κ2) is 15.3. The minimum absolute atomic E-state index is 0.0312. The molecule has 2 heterocycles. The summed E-state index contributed by atoms with van der Waals surface area (Å²) in [5.74, 6) is 5.40. The molecule has 50 heavy (non-hydrogen) atoms. The van der Waals surface area contributed by atoms with Gasteiger partial charge in [0.1, 0.15) is 18.2 Å². The van der Waals surface area contributed by atoms with Crippen molar-refractivity contribution in [2.24, 2.45) is 23.2 Å². The molecule has 1 unspecified atom stereocenters. The third kappa shape index (κ3) is 7.77. The van der Waals surface area contributed by atoms with Crippen molar-refractivity contribution in [3.63, 3.8) is 0 Å². The SMILES string of the molecule is CNCc1ccccc1-c1csc(C(C)Nc2nc(C)nc3cc(OCCOCCNC(=O)CC45CC6CC(CC(C6)C4)C5)c(OC)cc23)c1. The van der Waals surface area contributed by atoms with Crippen molar-refractivity contribution < 1.29 is 19.0 Å². The summed E-state index contributed by atoms with van der Waals surface area (Å²) in [5, 5.41) is 13.1. The first-order valence-corrected chi connectivity index (χ1v) is 19.1. The van der Waals surface area contributed by atoms with Gasteiger partial charge in [-0.1, -0.05) is 24.3 Å². The molecule has 0 spiro atoms. The molecule has 4 aliphatic carbocycles. The molecule has 1 atom stereocenters. The minimum Gasteiger partial charge on any atom is -0.493 e. The fraction of sp³-hybridized carbons (Fsp3) is 0.525. The lowest BCUT2D eigenvalue weighted by atomic mass is 9.49. The summed E-state index contributed by atoms with van der Waals surface area (Å²) in [6.07, 6.45) is 8.65. The molecule has 1 amide bonds. The second-order valence-electron chi connectivity index (χ2n) is 14.8. The highest BCUT2D eigenvalue weighted by atomic mass is 32.1. The Morgan fingerprint density at radius 2 is 1.76 bits per heavy atom. The third-order valence-corrected chi connectivity index (χ3v) is 12.1. The molecule has 4 bridgehead atoms. The molecule has 8 rings (SSSR count). The molecule has 0 radical (unpaired) electrons. The van der Waals surface area contributed by atoms with Gasteiger partial charge in [0.05, 0.1) is 31.9 Å². The van der Waals surface area contributed by atoms with Crippen LogP contribution in [0.3, 0.4) is 0 Å². The van der Waals surface area contributed by atoms with E-state index in [-0.39, 0.29) is 17.4 Å². The summed E-state index contributed by atoms with van der Waals surface area (Å²) >= 11 is 1.74. The van der Waals surface area contributed by atoms with Crippen molar-refractivity contribution >= 4 is 34.0 Å². The van der Waals surface area contributed by atoms with Crippen LogP contribution >= 0.6 is 11.3 Å². The Bertz CT molecular complexity index is 1770. The van der Waals surface area contributed by atoms with Crippen LogP contribution in [0.4, 0.5) is 5.82 Å². The molecule has 4 aliphatic rings. The lowest BCUT2D eigenvalue weighted by molar-refractivity contribution is -0.129. The van der Waals surface area contributed by atoms with Gasteiger partial charge in [-0.15, -0.1) is 11.3 Å². The molecule has 0 aliphatic heterocycles. The summed E-state index contributed by atoms with van der Waals surface area (Å²) < 4.78 is 17.7. The van der Waals surface area contributed by atoms with Crippen molar-refractivity contribution in [1.82, 2.24) is 20.6 Å². The maximum Gasteiger partial charge on any atom is 0.220 e. The smallest absolute Gasteiger partial charge is 0.220 e. The van der Waals surface area contributed by atoms with Gasteiger partial charge in [0.15, 0.2) is 11.5 Å². The Labute approximate surface area is 299 Å². The number of nitrogens with zero attached hydrogens (tertiary/aromatic N) is 2. The van der Waals surface area contributed by atoms with E-state index in [4.69, 9.17) is 24.2 Å². The molecular formula is C40H51N5O4S. The Hall–Kier alpha value is -3.73. The van der Waals surface area contributed by atoms with Crippen molar-refractivity contribution in [3.05, 3.63) is 64.1 Å². The van der Waals surface area contributed by atoms with Crippen LogP contribution < -0.4 is 25.4 Å². The monoisotopic (exact) mass is 697 g/mol. The van der Waals surface area contributed by atoms with Crippen molar-refractivity contribution in [3.8, 4) is 22.6 Å². The van der Waals surface area contributed by atoms with E-state index in [9.17, 15) is 4.79 Å². The number of carbonyl (C=O) groups is 1. The van der Waals surface area contributed by atoms with Gasteiger partial charge in [0, 0.05) is 35.8 Å². The number of carbonyl (C=O) groups excluding carboxylic acids is 1. The molecular weight excluding hydrogens is 647 g/mol. The highest BCUT2D eigenvalue weighted by Crippen LogP contribution is 2.61. The standard InChI is InChI=1S/C40H51N5O4S/c1-25(37-16-31(24-50-37)32-8-6-5-7-30(32)23-41-3)43-39-33-17-35(47-4)36(18-34(33)44-26(2)45-39)49-12-11-48-10-9-42-38(46)22-40-19-27-13-28(20-40)15-29(14-27)21-40/h5-8,16-18,24-25,27-29,41H,9-15,19-23H2,1-4H3,(H,42,46)(H,43,44,45). The topological polar surface area (TPSA) is 107 Å². The van der Waals surface area contributed by atoms with Crippen molar-refractivity contribution in [1.29, 1.82) is 0 Å². The van der Waals surface area contributed by atoms with Gasteiger partial charge < -0.3 is 30.2 Å². The van der Waals surface area contributed by atoms with Crippen LogP contribution in [0.15, 0.2) is 47.8 Å². The zero-order valence-corrected chi connectivity index (χ0v) is 30.7. The molecule has 4 aromatic rings. The van der Waals surface area contributed by atoms with Gasteiger partial charge in [-0.3, -0.25) is 4.79 Å². The number of hydrogen-bond donors (Lipinski definition) is 3. The van der Waals surface area contributed by atoms with E-state index in [1.54, 1.807) is 18.4 Å². The van der Waals surface area contributed by atoms with E-state index in [1.165, 1.54) is 60.1 Å². The normalized spacial score (nSPS) is 22.8. The molecule has 266 valence electrons. The van der Waals surface area contributed by atoms with Crippen molar-refractivity contribution in [2.45, 2.75) is 71.4 Å². The van der Waals surface area contributed by atoms with Crippen LogP contribution in [0.25, 0.3) is 22.0 Å². The number of amides is 1. The number of methoxy groups -OCH3 is 1. The number of benzene rings is 2. The molecule has 4 fully saturated rings. The van der Waals surface area contributed by atoms with Gasteiger partial charge >= 0.3 is 0 Å². The number of thiophene rings is 1. The number of fused-ring (bicyclic) bond motifs is 1. The van der Waals surface area contributed by atoms with Gasteiger partial charge in [-0.25, -0.2) is 9.97 Å². The number of rotatable bonds is 16. The molecule has 0 saturated heterocycles. The fourth-order valence-electron chi connectivity index (χ4n) is 9.26. The molecule has 9 nitrogen and oxygen atoms in total. The summed E-state index contributed by atoms with van der Waals surface area (Å²) in [6.45, 7) is 6.61. The van der Waals surface area contributed by atoms with Crippen LogP contribution in [0.2, 0.25) is 0 Å². The Kier molecular flexibility index (Phi) is 10.6. The number of nitrogens with one attached hydrogen (secondary N) is 3. The summed E-state index contributed by atoms with van der Waals surface area (Å²) in [4.78, 5) is 23.5. The van der Waals surface area contributed by atoms with Crippen LogP contribution in [-0.4, -0.2) is 56.4 Å². The highest BCUT2D eigenvalue weighted by molar-refractivity contribution is 7.10. The largest absolute Gasteiger partial charge is 0.493 e. The molecule has 4 saturated carbocycles. The summed E-state index contributed by atoms with van der Waals surface area (Å²) in [7, 11) is 3.61. The predicted molar refractivity (Wildman–Crippen MR) is 200 cm³/mol. The minimum atomic E-state index is 0.0312. The van der Waals surface area contributed by atoms with Crippen LogP contribution in [0.1, 0.15) is 74.2 Å². The number of hydrogen-bond acceptors (Lipinski definition) is 9. The number of ether oxygens (including phenoxy) is 3. The lowest BCUT2D eigenvalue weighted by Gasteiger charge is -2.56. The molecule has 2 aromatic carbocycles. The second-order valence-corrected chi connectivity index (χ2v) is 15.8. The zero-order valence-electron chi connectivity index (χ0n) is 29.8. The fourth-order valence-corrected chi connectivity index (χ4v) is 10.2. The summed E-state index contributed by atoms with van der Waals surface area (Å²) in [5.41, 5.74) is 4.78. The van der Waals surface area contributed by atoms with E-state index in [0.29, 0.717) is 50.1 Å². The summed E-state index contributed by atoms with van der Waals surface area (Å²) in [6, 6.07) is 14.7. The van der Waals surface area contributed by atoms with Gasteiger partial charge in [-0.05, 0) is 117 Å². The lowest BCUT2D eigenvalue weighted by Crippen LogP contribution is -2.48. The first-order valence-electron chi connectivity index (χ1n) is 18.2. The van der Waals surface area contributed by atoms with Crippen LogP contribution in [-0.2, 0) is 16.1 Å². The van der Waals surface area contributed by atoms with E-state index in [1.807, 2.05) is 26.1 Å². The average Bonchev–Trinajstić information content (AvgIpc) is 3.58. The third-order valence-electron chi connectivity index (χ3n) is 10.9. The van der Waals surface area contributed by atoms with Gasteiger partial charge in [0.25, 0.3) is 0 Å². The average molecular weight is 698 g/mol. The van der Waals surface area contributed by atoms with Gasteiger partial charge in [0.2, 0.25) is 5.91 Å². The molecule has 2 aromatic heterocycles. The quantitative estimate of drug-likeness (QED) is 0.102. The van der Waals surface area contributed by atoms with Crippen LogP contribution in [0, 0.1) is 30.1 Å². The molecule has 10 heteroatoms. The maximum atomic E-state index is 12.8. The van der Waals surface area contributed by atoms with E-state index in [2.05, 4.69) is 58.6 Å². The van der Waals surface area contributed by atoms with E-state index >= 15 is 0 Å². The number of anilines is 1. The van der Waals surface area contributed by atoms with E-state index < -0.39 is 0 Å². The van der Waals surface area contributed by atoms with Crippen molar-refractivity contribution in [2.75, 3.05) is 45.8 Å².